The highest BCUT2D eigenvalue weighted by atomic mass is 16.3. The molecule has 1 N–H and O–H groups in total. The first kappa shape index (κ1) is 20.4. The van der Waals surface area contributed by atoms with Crippen molar-refractivity contribution in [2.45, 2.75) is 26.3 Å². The Morgan fingerprint density at radius 3 is 2.88 bits per heavy atom. The number of para-hydroxylation sites is 1. The first-order valence-corrected chi connectivity index (χ1v) is 11.4. The van der Waals surface area contributed by atoms with E-state index in [-0.39, 0.29) is 12.5 Å². The van der Waals surface area contributed by atoms with Crippen LogP contribution < -0.4 is 5.32 Å². The molecular weight excluding hydrogens is 426 g/mol. The second-order valence-electron chi connectivity index (χ2n) is 8.76. The zero-order chi connectivity index (χ0) is 23.1. The van der Waals surface area contributed by atoms with Gasteiger partial charge in [0.05, 0.1) is 29.6 Å². The summed E-state index contributed by atoms with van der Waals surface area (Å²) >= 11 is 0. The molecule has 1 aromatic carbocycles. The van der Waals surface area contributed by atoms with Crippen LogP contribution in [0.4, 0.5) is 0 Å². The Kier molecular flexibility index (Phi) is 4.95. The fourth-order valence-electron chi connectivity index (χ4n) is 4.80. The average molecular weight is 450 g/mol. The molecule has 6 rings (SSSR count). The maximum absolute atomic E-state index is 13.7. The van der Waals surface area contributed by atoms with Crippen molar-refractivity contribution < 1.29 is 9.21 Å². The van der Waals surface area contributed by atoms with Gasteiger partial charge in [0.15, 0.2) is 11.5 Å². The summed E-state index contributed by atoms with van der Waals surface area (Å²) in [5.41, 5.74) is 5.20. The number of fused-ring (bicyclic) bond motifs is 3. The minimum Gasteiger partial charge on any atom is -0.465 e. The van der Waals surface area contributed by atoms with Gasteiger partial charge in [-0.25, -0.2) is 4.98 Å². The number of aromatic nitrogens is 4. The fourth-order valence-corrected chi connectivity index (χ4v) is 4.80. The maximum Gasteiger partial charge on any atom is 0.252 e. The number of amides is 1. The van der Waals surface area contributed by atoms with Gasteiger partial charge < -0.3 is 9.73 Å². The Morgan fingerprint density at radius 2 is 2.00 bits per heavy atom. The van der Waals surface area contributed by atoms with E-state index in [2.05, 4.69) is 22.4 Å². The van der Waals surface area contributed by atoms with Gasteiger partial charge in [-0.05, 0) is 66.3 Å². The molecule has 1 aliphatic carbocycles. The van der Waals surface area contributed by atoms with Gasteiger partial charge in [0, 0.05) is 11.6 Å². The molecule has 168 valence electrons. The first-order valence-electron chi connectivity index (χ1n) is 11.4. The van der Waals surface area contributed by atoms with Crippen LogP contribution >= 0.6 is 0 Å². The van der Waals surface area contributed by atoms with Gasteiger partial charge in [-0.2, -0.15) is 0 Å². The second-order valence-corrected chi connectivity index (χ2v) is 8.76. The van der Waals surface area contributed by atoms with Crippen molar-refractivity contribution in [3.8, 4) is 0 Å². The van der Waals surface area contributed by atoms with Crippen molar-refractivity contribution in [2.75, 3.05) is 0 Å². The van der Waals surface area contributed by atoms with Gasteiger partial charge in [-0.3, -0.25) is 9.20 Å². The van der Waals surface area contributed by atoms with E-state index in [0.29, 0.717) is 17.3 Å². The minimum atomic E-state index is -0.131. The number of furan rings is 1. The molecule has 1 aliphatic rings. The average Bonchev–Trinajstić information content (AvgIpc) is 3.51. The number of hydrogen-bond acceptors (Lipinski definition) is 5. The summed E-state index contributed by atoms with van der Waals surface area (Å²) in [4.78, 5) is 18.6. The smallest absolute Gasteiger partial charge is 0.252 e. The lowest BCUT2D eigenvalue weighted by Crippen LogP contribution is -2.27. The molecule has 4 aromatic heterocycles. The van der Waals surface area contributed by atoms with Crippen LogP contribution in [0.15, 0.2) is 71.5 Å². The van der Waals surface area contributed by atoms with Crippen molar-refractivity contribution in [1.29, 1.82) is 0 Å². The molecule has 0 saturated carbocycles. The van der Waals surface area contributed by atoms with Gasteiger partial charge >= 0.3 is 0 Å². The van der Waals surface area contributed by atoms with Gasteiger partial charge in [-0.15, -0.1) is 10.2 Å². The summed E-state index contributed by atoms with van der Waals surface area (Å²) in [6.45, 7) is 2.48. The highest BCUT2D eigenvalue weighted by molar-refractivity contribution is 6.09. The molecule has 0 spiro atoms. The Hall–Kier alpha value is -4.26. The number of benzene rings is 1. The SMILES string of the molecule is CC1C/C(=C/c2ccco2)c2nc3ccccc3c(C(=O)NCc3nnc4ccccn34)c2C1. The summed E-state index contributed by atoms with van der Waals surface area (Å²) in [5.74, 6) is 1.72. The fraction of sp³-hybridized carbons (Fsp3) is 0.185. The second kappa shape index (κ2) is 8.26. The number of nitrogens with zero attached hydrogens (tertiary/aromatic N) is 4. The van der Waals surface area contributed by atoms with E-state index in [0.717, 1.165) is 52.0 Å². The Bertz CT molecular complexity index is 1550. The largest absolute Gasteiger partial charge is 0.465 e. The highest BCUT2D eigenvalue weighted by Crippen LogP contribution is 2.38. The first-order chi connectivity index (χ1) is 16.7. The molecule has 7 nitrogen and oxygen atoms in total. The molecule has 4 heterocycles. The molecule has 34 heavy (non-hydrogen) atoms. The quantitative estimate of drug-likeness (QED) is 0.421. The van der Waals surface area contributed by atoms with Crippen molar-refractivity contribution in [1.82, 2.24) is 24.9 Å². The minimum absolute atomic E-state index is 0.131. The van der Waals surface area contributed by atoms with Crippen LogP contribution in [0.1, 0.15) is 46.5 Å². The van der Waals surface area contributed by atoms with Crippen LogP contribution in [0.5, 0.6) is 0 Å². The third-order valence-electron chi connectivity index (χ3n) is 6.30. The number of pyridine rings is 2. The van der Waals surface area contributed by atoms with E-state index in [1.807, 2.05) is 71.3 Å². The van der Waals surface area contributed by atoms with Crippen molar-refractivity contribution in [3.63, 3.8) is 0 Å². The molecular formula is C27H23N5O2. The van der Waals surface area contributed by atoms with Crippen LogP contribution in [0, 0.1) is 5.92 Å². The molecule has 0 saturated heterocycles. The van der Waals surface area contributed by atoms with Crippen LogP contribution in [0.3, 0.4) is 0 Å². The van der Waals surface area contributed by atoms with E-state index in [1.54, 1.807) is 6.26 Å². The maximum atomic E-state index is 13.7. The monoisotopic (exact) mass is 449 g/mol. The normalized spacial score (nSPS) is 16.7. The van der Waals surface area contributed by atoms with Crippen LogP contribution in [0.25, 0.3) is 28.2 Å². The van der Waals surface area contributed by atoms with E-state index in [4.69, 9.17) is 9.40 Å². The zero-order valence-electron chi connectivity index (χ0n) is 18.7. The highest BCUT2D eigenvalue weighted by Gasteiger charge is 2.28. The number of hydrogen-bond donors (Lipinski definition) is 1. The van der Waals surface area contributed by atoms with Gasteiger partial charge in [-0.1, -0.05) is 31.2 Å². The molecule has 0 fully saturated rings. The Morgan fingerprint density at radius 1 is 1.12 bits per heavy atom. The number of nitrogens with one attached hydrogen (secondary N) is 1. The summed E-state index contributed by atoms with van der Waals surface area (Å²) in [6.07, 6.45) is 7.28. The molecule has 0 radical (unpaired) electrons. The van der Waals surface area contributed by atoms with E-state index in [9.17, 15) is 4.79 Å². The number of allylic oxidation sites excluding steroid dienone is 1. The van der Waals surface area contributed by atoms with Crippen molar-refractivity contribution in [3.05, 3.63) is 95.5 Å². The molecule has 0 aliphatic heterocycles. The van der Waals surface area contributed by atoms with Crippen LogP contribution in [-0.4, -0.2) is 25.5 Å². The van der Waals surface area contributed by atoms with Crippen LogP contribution in [-0.2, 0) is 13.0 Å². The summed E-state index contributed by atoms with van der Waals surface area (Å²) in [6, 6.07) is 17.4. The molecule has 1 amide bonds. The number of carbonyl (C=O) groups excluding carboxylic acids is 1. The zero-order valence-corrected chi connectivity index (χ0v) is 18.7. The van der Waals surface area contributed by atoms with Gasteiger partial charge in [0.25, 0.3) is 5.91 Å². The summed E-state index contributed by atoms with van der Waals surface area (Å²) < 4.78 is 7.45. The molecule has 0 bridgehead atoms. The molecule has 1 atom stereocenters. The van der Waals surface area contributed by atoms with Crippen molar-refractivity contribution >= 4 is 34.1 Å². The van der Waals surface area contributed by atoms with Crippen molar-refractivity contribution in [2.24, 2.45) is 5.92 Å². The van der Waals surface area contributed by atoms with E-state index < -0.39 is 0 Å². The van der Waals surface area contributed by atoms with E-state index in [1.165, 1.54) is 0 Å². The molecule has 1 unspecified atom stereocenters. The third kappa shape index (κ3) is 3.55. The number of rotatable bonds is 4. The lowest BCUT2D eigenvalue weighted by Gasteiger charge is -2.26. The lowest BCUT2D eigenvalue weighted by atomic mass is 9.80. The number of carbonyl (C=O) groups is 1. The lowest BCUT2D eigenvalue weighted by molar-refractivity contribution is 0.0950. The third-order valence-corrected chi connectivity index (χ3v) is 6.30. The Labute approximate surface area is 196 Å². The van der Waals surface area contributed by atoms with Crippen LogP contribution in [0.2, 0.25) is 0 Å². The molecule has 5 aromatic rings. The standard InChI is InChI=1S/C27H23N5O2/c1-17-13-18(15-19-7-6-12-34-19)26-21(14-17)25(20-8-2-3-9-22(20)29-26)27(33)28-16-24-31-30-23-10-4-5-11-32(23)24/h2-12,15,17H,13-14,16H2,1H3,(H,28,33)/b18-15-. The Balaban J connectivity index is 1.43. The predicted molar refractivity (Wildman–Crippen MR) is 130 cm³/mol. The van der Waals surface area contributed by atoms with E-state index >= 15 is 0 Å². The summed E-state index contributed by atoms with van der Waals surface area (Å²) in [7, 11) is 0. The van der Waals surface area contributed by atoms with Gasteiger partial charge in [0.2, 0.25) is 0 Å². The molecule has 7 heteroatoms. The predicted octanol–water partition coefficient (Wildman–Crippen LogP) is 4.92. The summed E-state index contributed by atoms with van der Waals surface area (Å²) in [5, 5.41) is 12.4. The van der Waals surface area contributed by atoms with Gasteiger partial charge in [0.1, 0.15) is 5.76 Å². The topological polar surface area (TPSA) is 85.3 Å².